The molecule has 0 saturated heterocycles. The van der Waals surface area contributed by atoms with Crippen LogP contribution in [0.1, 0.15) is 6.42 Å². The molecule has 0 aliphatic heterocycles. The Bertz CT molecular complexity index is 2100. The fourth-order valence-corrected chi connectivity index (χ4v) is 8.05. The minimum absolute atomic E-state index is 0.489. The van der Waals surface area contributed by atoms with Crippen LogP contribution in [0, 0.1) is 0 Å². The molecule has 0 saturated carbocycles. The molecule has 9 heteroatoms. The van der Waals surface area contributed by atoms with Crippen LogP contribution in [0.15, 0.2) is 179 Å². The van der Waals surface area contributed by atoms with E-state index in [0.717, 1.165) is 37.1 Å². The Labute approximate surface area is 285 Å². The van der Waals surface area contributed by atoms with E-state index in [0.29, 0.717) is 29.4 Å². The summed E-state index contributed by atoms with van der Waals surface area (Å²) in [6.07, 6.45) is 10.4. The second-order valence-corrected chi connectivity index (χ2v) is 13.4. The number of hydrogen-bond acceptors (Lipinski definition) is 7. The minimum atomic E-state index is -2.28. The summed E-state index contributed by atoms with van der Waals surface area (Å²) in [5, 5.41) is 4.02. The van der Waals surface area contributed by atoms with Crippen molar-refractivity contribution in [1.82, 2.24) is 0 Å². The van der Waals surface area contributed by atoms with Gasteiger partial charge in [-0.05, 0) is 64.0 Å². The third-order valence-electron chi connectivity index (χ3n) is 7.24. The SMILES string of the molecule is OP(Oc1ccccc1)Oc1ccc2ccccc2c1Sc1c(OP(OC2=CC=CC=CC2)Oc2ccccc2)ccc2ccccc12. The summed E-state index contributed by atoms with van der Waals surface area (Å²) in [6.45, 7) is 0. The second kappa shape index (κ2) is 15.4. The van der Waals surface area contributed by atoms with Gasteiger partial charge in [0.25, 0.3) is 0 Å². The van der Waals surface area contributed by atoms with Gasteiger partial charge in [0.2, 0.25) is 0 Å². The van der Waals surface area contributed by atoms with Crippen molar-refractivity contribution < 1.29 is 27.5 Å². The highest BCUT2D eigenvalue weighted by molar-refractivity contribution is 8.00. The Morgan fingerprint density at radius 3 is 1.71 bits per heavy atom. The van der Waals surface area contributed by atoms with Gasteiger partial charge in [-0.1, -0.05) is 133 Å². The summed E-state index contributed by atoms with van der Waals surface area (Å²) in [7, 11) is -4.19. The zero-order chi connectivity index (χ0) is 32.5. The molecular weight excluding hydrogens is 658 g/mol. The van der Waals surface area contributed by atoms with Gasteiger partial charge in [-0.2, -0.15) is 0 Å². The van der Waals surface area contributed by atoms with Crippen LogP contribution >= 0.6 is 29.0 Å². The largest absolute Gasteiger partial charge is 0.529 e. The number of hydrogen-bond donors (Lipinski definition) is 1. The van der Waals surface area contributed by atoms with Gasteiger partial charge in [0, 0.05) is 6.42 Å². The molecule has 0 spiro atoms. The maximum atomic E-state index is 10.9. The zero-order valence-electron chi connectivity index (χ0n) is 25.6. The van der Waals surface area contributed by atoms with Crippen LogP contribution in [0.2, 0.25) is 0 Å². The number of allylic oxidation sites excluding steroid dienone is 5. The molecule has 6 nitrogen and oxygen atoms in total. The lowest BCUT2D eigenvalue weighted by Gasteiger charge is -2.22. The van der Waals surface area contributed by atoms with Crippen LogP contribution in [0.25, 0.3) is 21.5 Å². The first-order valence-electron chi connectivity index (χ1n) is 15.2. The van der Waals surface area contributed by atoms with E-state index in [9.17, 15) is 4.89 Å². The molecule has 0 bridgehead atoms. The number of fused-ring (bicyclic) bond motifs is 2. The number of para-hydroxylation sites is 2. The summed E-state index contributed by atoms with van der Waals surface area (Å²) in [5.41, 5.74) is 0. The van der Waals surface area contributed by atoms with Gasteiger partial charge in [0.1, 0.15) is 28.8 Å². The molecule has 0 heterocycles. The van der Waals surface area contributed by atoms with E-state index >= 15 is 0 Å². The molecule has 0 aromatic heterocycles. The monoisotopic (exact) mass is 688 g/mol. The first-order valence-corrected chi connectivity index (χ1v) is 18.3. The van der Waals surface area contributed by atoms with Crippen LogP contribution in [0.3, 0.4) is 0 Å². The van der Waals surface area contributed by atoms with Crippen molar-refractivity contribution in [2.75, 3.05) is 0 Å². The third-order valence-corrected chi connectivity index (χ3v) is 10.3. The highest BCUT2D eigenvalue weighted by atomic mass is 32.2. The predicted octanol–water partition coefficient (Wildman–Crippen LogP) is 11.9. The predicted molar refractivity (Wildman–Crippen MR) is 196 cm³/mol. The summed E-state index contributed by atoms with van der Waals surface area (Å²) < 4.78 is 31.3. The molecule has 48 heavy (non-hydrogen) atoms. The molecule has 6 aromatic rings. The van der Waals surface area contributed by atoms with E-state index in [1.54, 1.807) is 12.1 Å². The lowest BCUT2D eigenvalue weighted by atomic mass is 10.1. The van der Waals surface area contributed by atoms with Crippen molar-refractivity contribution in [3.63, 3.8) is 0 Å². The fourth-order valence-electron chi connectivity index (χ4n) is 5.00. The van der Waals surface area contributed by atoms with Crippen molar-refractivity contribution in [3.05, 3.63) is 170 Å². The standard InChI is InChI=1S/C39H30O6P2S/c40-46(41-31-17-7-3-8-18-31)44-36-27-25-29-15-11-13-23-34(29)38(36)48-39-35-24-14-12-16-30(35)26-28-37(39)45-47(43-33-21-9-4-10-22-33)42-32-19-5-1-2-6-20-32/h1-19,21-28,40H,20H2. The lowest BCUT2D eigenvalue weighted by molar-refractivity contribution is 0.325. The van der Waals surface area contributed by atoms with Crippen molar-refractivity contribution in [2.24, 2.45) is 0 Å². The molecule has 1 aliphatic rings. The van der Waals surface area contributed by atoms with Gasteiger partial charge in [-0.3, -0.25) is 0 Å². The van der Waals surface area contributed by atoms with E-state index < -0.39 is 17.2 Å². The quantitative estimate of drug-likeness (QED) is 0.128. The number of rotatable bonds is 12. The molecule has 6 aromatic carbocycles. The van der Waals surface area contributed by atoms with Crippen molar-refractivity contribution in [2.45, 2.75) is 16.2 Å². The molecule has 1 aliphatic carbocycles. The first-order chi connectivity index (χ1) is 23.7. The maximum Gasteiger partial charge on any atom is 0.529 e. The van der Waals surface area contributed by atoms with Crippen LogP contribution in [0.5, 0.6) is 23.0 Å². The average molecular weight is 689 g/mol. The normalized spacial score (nSPS) is 13.7. The van der Waals surface area contributed by atoms with Gasteiger partial charge in [0.15, 0.2) is 0 Å². The Balaban J connectivity index is 1.28. The van der Waals surface area contributed by atoms with Crippen molar-refractivity contribution in [1.29, 1.82) is 0 Å². The average Bonchev–Trinajstić information content (AvgIpc) is 3.39. The highest BCUT2D eigenvalue weighted by Gasteiger charge is 2.25. The minimum Gasteiger partial charge on any atom is -0.418 e. The second-order valence-electron chi connectivity index (χ2n) is 10.5. The molecular formula is C39H30O6P2S. The Morgan fingerprint density at radius 2 is 1.06 bits per heavy atom. The van der Waals surface area contributed by atoms with Crippen LogP contribution in [-0.2, 0) is 4.52 Å². The molecule has 0 radical (unpaired) electrons. The van der Waals surface area contributed by atoms with Crippen LogP contribution < -0.4 is 18.1 Å². The highest BCUT2D eigenvalue weighted by Crippen LogP contribution is 2.52. The smallest absolute Gasteiger partial charge is 0.418 e. The summed E-state index contributed by atoms with van der Waals surface area (Å²) in [5.74, 6) is 2.97. The molecule has 0 fully saturated rings. The van der Waals surface area contributed by atoms with Gasteiger partial charge in [0.05, 0.1) is 9.79 Å². The van der Waals surface area contributed by atoms with E-state index in [2.05, 4.69) is 18.2 Å². The maximum absolute atomic E-state index is 10.9. The lowest BCUT2D eigenvalue weighted by Crippen LogP contribution is -2.01. The summed E-state index contributed by atoms with van der Waals surface area (Å²) in [4.78, 5) is 12.6. The Kier molecular flexibility index (Phi) is 10.2. The van der Waals surface area contributed by atoms with Gasteiger partial charge < -0.3 is 27.5 Å². The van der Waals surface area contributed by atoms with E-state index in [-0.39, 0.29) is 0 Å². The molecule has 1 N–H and O–H groups in total. The summed E-state index contributed by atoms with van der Waals surface area (Å²) in [6, 6.07) is 42.7. The van der Waals surface area contributed by atoms with E-state index in [4.69, 9.17) is 22.6 Å². The Morgan fingerprint density at radius 1 is 0.500 bits per heavy atom. The zero-order valence-corrected chi connectivity index (χ0v) is 28.2. The molecule has 238 valence electrons. The molecule has 2 atom stereocenters. The molecule has 7 rings (SSSR count). The number of benzene rings is 6. The van der Waals surface area contributed by atoms with Crippen molar-refractivity contribution >= 4 is 50.5 Å². The van der Waals surface area contributed by atoms with E-state index in [1.165, 1.54) is 11.8 Å². The van der Waals surface area contributed by atoms with Crippen molar-refractivity contribution in [3.8, 4) is 23.0 Å². The van der Waals surface area contributed by atoms with E-state index in [1.807, 2.05) is 134 Å². The molecule has 0 amide bonds. The van der Waals surface area contributed by atoms with Crippen LogP contribution in [0.4, 0.5) is 0 Å². The van der Waals surface area contributed by atoms with Gasteiger partial charge in [-0.15, -0.1) is 0 Å². The fraction of sp³-hybridized carbons (Fsp3) is 0.0256. The third kappa shape index (κ3) is 7.84. The van der Waals surface area contributed by atoms with Gasteiger partial charge >= 0.3 is 17.2 Å². The first kappa shape index (κ1) is 31.8. The summed E-state index contributed by atoms with van der Waals surface area (Å²) >= 11 is 1.50. The Hall–Kier alpha value is -4.77. The van der Waals surface area contributed by atoms with Gasteiger partial charge in [-0.25, -0.2) is 0 Å². The topological polar surface area (TPSA) is 66.4 Å². The molecule has 2 unspecified atom stereocenters. The van der Waals surface area contributed by atoms with Crippen LogP contribution in [-0.4, -0.2) is 4.89 Å².